The van der Waals surface area contributed by atoms with Gasteiger partial charge in [0, 0.05) is 7.05 Å². The van der Waals surface area contributed by atoms with Crippen molar-refractivity contribution in [3.8, 4) is 11.6 Å². The van der Waals surface area contributed by atoms with Crippen molar-refractivity contribution in [1.82, 2.24) is 9.78 Å². The van der Waals surface area contributed by atoms with Gasteiger partial charge in [-0.2, -0.15) is 0 Å². The molecule has 2 aromatic rings. The number of rotatable bonds is 4. The fourth-order valence-corrected chi connectivity index (χ4v) is 1.60. The summed E-state index contributed by atoms with van der Waals surface area (Å²) in [6.07, 6.45) is 1.21. The van der Waals surface area contributed by atoms with Crippen LogP contribution in [0.3, 0.4) is 0 Å². The molecule has 0 aliphatic carbocycles. The Morgan fingerprint density at radius 1 is 1.50 bits per heavy atom. The Labute approximate surface area is 113 Å². The van der Waals surface area contributed by atoms with Crippen LogP contribution in [0.1, 0.15) is 15.9 Å². The zero-order valence-corrected chi connectivity index (χ0v) is 10.7. The van der Waals surface area contributed by atoms with Gasteiger partial charge in [-0.05, 0) is 24.6 Å². The van der Waals surface area contributed by atoms with E-state index in [0.29, 0.717) is 5.56 Å². The predicted octanol–water partition coefficient (Wildman–Crippen LogP) is 2.13. The quantitative estimate of drug-likeness (QED) is 0.677. The Morgan fingerprint density at radius 3 is 2.80 bits per heavy atom. The van der Waals surface area contributed by atoms with E-state index in [2.05, 4.69) is 5.10 Å². The summed E-state index contributed by atoms with van der Waals surface area (Å²) in [5.41, 5.74) is 0.395. The molecule has 0 aliphatic heterocycles. The molecule has 0 atom stereocenters. The van der Waals surface area contributed by atoms with Crippen molar-refractivity contribution in [2.24, 2.45) is 7.05 Å². The second-order valence-corrected chi connectivity index (χ2v) is 4.14. The Morgan fingerprint density at radius 2 is 2.20 bits per heavy atom. The second kappa shape index (κ2) is 5.00. The molecule has 8 heteroatoms. The van der Waals surface area contributed by atoms with Crippen LogP contribution in [0.2, 0.25) is 0 Å². The first-order valence-electron chi connectivity index (χ1n) is 5.58. The number of nitrogens with zero attached hydrogens (tertiary/aromatic N) is 3. The number of hydrogen-bond acceptors (Lipinski definition) is 5. The minimum Gasteiger partial charge on any atom is -0.478 e. The summed E-state index contributed by atoms with van der Waals surface area (Å²) in [5, 5.41) is 23.6. The molecule has 104 valence electrons. The molecule has 1 aromatic carbocycles. The average Bonchev–Trinajstić information content (AvgIpc) is 2.73. The van der Waals surface area contributed by atoms with Crippen LogP contribution in [0.4, 0.5) is 5.69 Å². The molecule has 20 heavy (non-hydrogen) atoms. The van der Waals surface area contributed by atoms with E-state index < -0.39 is 10.9 Å². The summed E-state index contributed by atoms with van der Waals surface area (Å²) in [5.74, 6) is -1.07. The minimum absolute atomic E-state index is 0.0317. The van der Waals surface area contributed by atoms with Crippen LogP contribution in [0, 0.1) is 17.0 Å². The van der Waals surface area contributed by atoms with Gasteiger partial charge in [0.15, 0.2) is 0 Å². The van der Waals surface area contributed by atoms with Crippen LogP contribution < -0.4 is 4.74 Å². The normalized spacial score (nSPS) is 10.3. The van der Waals surface area contributed by atoms with Crippen molar-refractivity contribution >= 4 is 11.7 Å². The molecule has 0 amide bonds. The van der Waals surface area contributed by atoms with E-state index in [-0.39, 0.29) is 22.9 Å². The maximum atomic E-state index is 10.9. The summed E-state index contributed by atoms with van der Waals surface area (Å²) < 4.78 is 6.63. The Balaban J connectivity index is 2.42. The Hall–Kier alpha value is -2.90. The lowest BCUT2D eigenvalue weighted by molar-refractivity contribution is -0.385. The zero-order valence-electron chi connectivity index (χ0n) is 10.7. The summed E-state index contributed by atoms with van der Waals surface area (Å²) in [4.78, 5) is 21.2. The van der Waals surface area contributed by atoms with Crippen LogP contribution in [-0.2, 0) is 7.05 Å². The third-order valence-electron chi connectivity index (χ3n) is 2.62. The molecule has 0 unspecified atom stereocenters. The predicted molar refractivity (Wildman–Crippen MR) is 68.1 cm³/mol. The van der Waals surface area contributed by atoms with Crippen molar-refractivity contribution in [2.75, 3.05) is 0 Å². The molecule has 0 aliphatic rings. The highest BCUT2D eigenvalue weighted by molar-refractivity contribution is 5.88. The number of carboxylic acid groups (broad SMARTS) is 1. The molecule has 1 N–H and O–H groups in total. The maximum Gasteiger partial charge on any atom is 0.350 e. The number of benzene rings is 1. The molecule has 0 bridgehead atoms. The summed E-state index contributed by atoms with van der Waals surface area (Å²) in [6.45, 7) is 1.70. The first-order chi connectivity index (χ1) is 9.38. The first kappa shape index (κ1) is 13.5. The molecule has 0 saturated carbocycles. The molecule has 0 fully saturated rings. The average molecular weight is 277 g/mol. The van der Waals surface area contributed by atoms with Gasteiger partial charge in [-0.15, -0.1) is 5.10 Å². The van der Waals surface area contributed by atoms with Crippen LogP contribution in [0.15, 0.2) is 24.4 Å². The third-order valence-corrected chi connectivity index (χ3v) is 2.62. The van der Waals surface area contributed by atoms with E-state index in [9.17, 15) is 14.9 Å². The molecule has 2 rings (SSSR count). The smallest absolute Gasteiger partial charge is 0.350 e. The monoisotopic (exact) mass is 277 g/mol. The number of ether oxygens (including phenoxy) is 1. The van der Waals surface area contributed by atoms with Gasteiger partial charge in [-0.1, -0.05) is 6.07 Å². The largest absolute Gasteiger partial charge is 0.478 e. The molecule has 0 saturated heterocycles. The van der Waals surface area contributed by atoms with E-state index >= 15 is 0 Å². The molecule has 0 spiro atoms. The highest BCUT2D eigenvalue weighted by Gasteiger charge is 2.21. The van der Waals surface area contributed by atoms with Crippen LogP contribution in [0.5, 0.6) is 11.6 Å². The van der Waals surface area contributed by atoms with E-state index in [0.717, 1.165) is 0 Å². The van der Waals surface area contributed by atoms with Crippen LogP contribution in [0.25, 0.3) is 0 Å². The summed E-state index contributed by atoms with van der Waals surface area (Å²) in [6, 6.07) is 4.29. The van der Waals surface area contributed by atoms with E-state index in [1.54, 1.807) is 13.0 Å². The summed E-state index contributed by atoms with van der Waals surface area (Å²) in [7, 11) is 1.53. The fourth-order valence-electron chi connectivity index (χ4n) is 1.60. The number of hydrogen-bond donors (Lipinski definition) is 1. The van der Waals surface area contributed by atoms with Crippen molar-refractivity contribution in [3.63, 3.8) is 0 Å². The number of carbonyl (C=O) groups is 1. The fraction of sp³-hybridized carbons (Fsp3) is 0.167. The molecule has 0 radical (unpaired) electrons. The Kier molecular flexibility index (Phi) is 3.38. The van der Waals surface area contributed by atoms with Gasteiger partial charge in [-0.25, -0.2) is 4.79 Å². The third kappa shape index (κ3) is 2.58. The van der Waals surface area contributed by atoms with Crippen molar-refractivity contribution in [1.29, 1.82) is 0 Å². The van der Waals surface area contributed by atoms with Gasteiger partial charge in [0.05, 0.1) is 10.5 Å². The molecular weight excluding hydrogens is 266 g/mol. The summed E-state index contributed by atoms with van der Waals surface area (Å²) >= 11 is 0. The highest BCUT2D eigenvalue weighted by atomic mass is 16.6. The van der Waals surface area contributed by atoms with Crippen LogP contribution in [-0.4, -0.2) is 25.8 Å². The SMILES string of the molecule is Cc1ccc(C(=O)O)cc1Oc1nn(C)cc1[N+](=O)[O-]. The van der Waals surface area contributed by atoms with Gasteiger partial charge in [-0.3, -0.25) is 14.8 Å². The zero-order chi connectivity index (χ0) is 14.9. The van der Waals surface area contributed by atoms with Gasteiger partial charge in [0.2, 0.25) is 0 Å². The van der Waals surface area contributed by atoms with E-state index in [1.165, 1.54) is 30.1 Å². The van der Waals surface area contributed by atoms with Crippen molar-refractivity contribution in [3.05, 3.63) is 45.6 Å². The number of aryl methyl sites for hydroxylation is 2. The first-order valence-corrected chi connectivity index (χ1v) is 5.58. The van der Waals surface area contributed by atoms with E-state index in [4.69, 9.17) is 9.84 Å². The molecular formula is C12H11N3O5. The van der Waals surface area contributed by atoms with Gasteiger partial charge < -0.3 is 9.84 Å². The topological polar surface area (TPSA) is 107 Å². The van der Waals surface area contributed by atoms with Gasteiger partial charge in [0.1, 0.15) is 11.9 Å². The van der Waals surface area contributed by atoms with Gasteiger partial charge in [0.25, 0.3) is 0 Å². The van der Waals surface area contributed by atoms with Crippen LogP contribution >= 0.6 is 0 Å². The molecule has 8 nitrogen and oxygen atoms in total. The lowest BCUT2D eigenvalue weighted by Crippen LogP contribution is -1.99. The highest BCUT2D eigenvalue weighted by Crippen LogP contribution is 2.31. The molecule has 1 aromatic heterocycles. The number of nitro groups is 1. The minimum atomic E-state index is -1.11. The Bertz CT molecular complexity index is 692. The standard InChI is InChI=1S/C12H11N3O5/c1-7-3-4-8(12(16)17)5-10(7)20-11-9(15(18)19)6-14(2)13-11/h3-6H,1-2H3,(H,16,17). The van der Waals surface area contributed by atoms with E-state index in [1.807, 2.05) is 0 Å². The van der Waals surface area contributed by atoms with Gasteiger partial charge >= 0.3 is 17.5 Å². The number of aromatic carboxylic acids is 1. The van der Waals surface area contributed by atoms with Crippen molar-refractivity contribution < 1.29 is 19.6 Å². The number of aromatic nitrogens is 2. The second-order valence-electron chi connectivity index (χ2n) is 4.14. The molecule has 1 heterocycles. The maximum absolute atomic E-state index is 10.9. The van der Waals surface area contributed by atoms with Crippen molar-refractivity contribution in [2.45, 2.75) is 6.92 Å². The lowest BCUT2D eigenvalue weighted by atomic mass is 10.1. The number of carboxylic acids is 1. The lowest BCUT2D eigenvalue weighted by Gasteiger charge is -2.06.